The van der Waals surface area contributed by atoms with Crippen molar-refractivity contribution in [2.75, 3.05) is 11.4 Å². The van der Waals surface area contributed by atoms with Gasteiger partial charge in [0.25, 0.3) is 5.69 Å². The first kappa shape index (κ1) is 12.7. The number of aryl methyl sites for hydroxylation is 1. The zero-order chi connectivity index (χ0) is 13.9. The second-order valence-corrected chi connectivity index (χ2v) is 5.00. The molecule has 0 spiro atoms. The minimum Gasteiger partial charge on any atom is -0.345 e. The van der Waals surface area contributed by atoms with Crippen molar-refractivity contribution in [3.05, 3.63) is 70.0 Å². The summed E-state index contributed by atoms with van der Waals surface area (Å²) >= 11 is 0. The number of nitro groups is 1. The molecule has 3 rings (SSSR count). The lowest BCUT2D eigenvalue weighted by atomic mass is 10.00. The molecule has 4 heteroatoms. The summed E-state index contributed by atoms with van der Waals surface area (Å²) in [6, 6.07) is 5.19. The highest BCUT2D eigenvalue weighted by molar-refractivity contribution is 5.63. The lowest BCUT2D eigenvalue weighted by Crippen LogP contribution is -2.28. The zero-order valence-electron chi connectivity index (χ0n) is 11.2. The first-order valence-electron chi connectivity index (χ1n) is 6.83. The Kier molecular flexibility index (Phi) is 3.37. The minimum absolute atomic E-state index is 0.181. The van der Waals surface area contributed by atoms with Gasteiger partial charge in [0.05, 0.1) is 4.92 Å². The molecule has 1 aromatic rings. The van der Waals surface area contributed by atoms with E-state index in [0.717, 1.165) is 37.1 Å². The second kappa shape index (κ2) is 5.33. The van der Waals surface area contributed by atoms with Crippen molar-refractivity contribution >= 4 is 11.4 Å². The van der Waals surface area contributed by atoms with E-state index in [1.807, 2.05) is 24.3 Å². The maximum atomic E-state index is 10.9. The van der Waals surface area contributed by atoms with Gasteiger partial charge >= 0.3 is 0 Å². The van der Waals surface area contributed by atoms with Gasteiger partial charge in [-0.1, -0.05) is 24.3 Å². The van der Waals surface area contributed by atoms with Crippen molar-refractivity contribution in [2.24, 2.45) is 0 Å². The molecule has 0 bridgehead atoms. The second-order valence-electron chi connectivity index (χ2n) is 5.00. The van der Waals surface area contributed by atoms with Gasteiger partial charge in [-0.2, -0.15) is 0 Å². The number of benzene rings is 1. The number of nitrogens with zero attached hydrogens (tertiary/aromatic N) is 2. The van der Waals surface area contributed by atoms with Crippen LogP contribution in [0.4, 0.5) is 11.4 Å². The molecule has 1 aromatic carbocycles. The quantitative estimate of drug-likeness (QED) is 0.606. The standard InChI is InChI=1S/C16H16N2O2/c19-18(20)15-9-10-16-13(12-15)6-5-11-17(16)14-7-3-1-2-4-8-14/h1-4,7,9-10,12H,5-6,8,11H2. The van der Waals surface area contributed by atoms with Crippen LogP contribution in [0.1, 0.15) is 18.4 Å². The summed E-state index contributed by atoms with van der Waals surface area (Å²) in [5, 5.41) is 10.9. The number of hydrogen-bond donors (Lipinski definition) is 0. The Balaban J connectivity index is 1.98. The Morgan fingerprint density at radius 3 is 2.95 bits per heavy atom. The Labute approximate surface area is 117 Å². The third-order valence-electron chi connectivity index (χ3n) is 3.71. The van der Waals surface area contributed by atoms with Gasteiger partial charge < -0.3 is 4.90 Å². The number of non-ortho nitro benzene ring substituents is 1. The number of hydrogen-bond acceptors (Lipinski definition) is 3. The first-order valence-corrected chi connectivity index (χ1v) is 6.83. The minimum atomic E-state index is -0.324. The summed E-state index contributed by atoms with van der Waals surface area (Å²) in [6.07, 6.45) is 13.2. The van der Waals surface area contributed by atoms with Gasteiger partial charge in [-0.15, -0.1) is 0 Å². The molecular weight excluding hydrogens is 252 g/mol. The molecule has 1 aliphatic carbocycles. The highest BCUT2D eigenvalue weighted by Crippen LogP contribution is 2.33. The van der Waals surface area contributed by atoms with Crippen molar-refractivity contribution in [1.29, 1.82) is 0 Å². The number of allylic oxidation sites excluding steroid dienone is 5. The monoisotopic (exact) mass is 268 g/mol. The van der Waals surface area contributed by atoms with Crippen molar-refractivity contribution in [1.82, 2.24) is 0 Å². The summed E-state index contributed by atoms with van der Waals surface area (Å²) in [5.74, 6) is 0. The van der Waals surface area contributed by atoms with E-state index >= 15 is 0 Å². The Morgan fingerprint density at radius 2 is 2.10 bits per heavy atom. The van der Waals surface area contributed by atoms with Crippen molar-refractivity contribution in [3.8, 4) is 0 Å². The third kappa shape index (κ3) is 2.37. The molecule has 0 saturated carbocycles. The normalized spacial score (nSPS) is 17.4. The first-order chi connectivity index (χ1) is 9.75. The molecule has 0 radical (unpaired) electrons. The fourth-order valence-electron chi connectivity index (χ4n) is 2.76. The van der Waals surface area contributed by atoms with Gasteiger partial charge in [-0.25, -0.2) is 0 Å². The van der Waals surface area contributed by atoms with Crippen LogP contribution in [0.2, 0.25) is 0 Å². The van der Waals surface area contributed by atoms with Crippen LogP contribution in [0, 0.1) is 10.1 Å². The van der Waals surface area contributed by atoms with Crippen LogP contribution >= 0.6 is 0 Å². The maximum absolute atomic E-state index is 10.9. The topological polar surface area (TPSA) is 46.4 Å². The molecule has 0 unspecified atom stereocenters. The molecule has 2 aliphatic rings. The zero-order valence-corrected chi connectivity index (χ0v) is 11.2. The number of rotatable bonds is 2. The highest BCUT2D eigenvalue weighted by atomic mass is 16.6. The van der Waals surface area contributed by atoms with E-state index in [-0.39, 0.29) is 10.6 Å². The van der Waals surface area contributed by atoms with Crippen LogP contribution in [0.25, 0.3) is 0 Å². The summed E-state index contributed by atoms with van der Waals surface area (Å²) in [6.45, 7) is 0.971. The van der Waals surface area contributed by atoms with E-state index in [1.54, 1.807) is 12.1 Å². The van der Waals surface area contributed by atoms with Gasteiger partial charge in [-0.05, 0) is 30.5 Å². The average molecular weight is 268 g/mol. The van der Waals surface area contributed by atoms with Crippen LogP contribution in [0.3, 0.4) is 0 Å². The van der Waals surface area contributed by atoms with Gasteiger partial charge in [0.15, 0.2) is 0 Å². The molecule has 1 aliphatic heterocycles. The molecule has 0 aromatic heterocycles. The third-order valence-corrected chi connectivity index (χ3v) is 3.71. The van der Waals surface area contributed by atoms with Gasteiger partial charge in [0.2, 0.25) is 0 Å². The van der Waals surface area contributed by atoms with E-state index in [4.69, 9.17) is 0 Å². The van der Waals surface area contributed by atoms with E-state index < -0.39 is 0 Å². The van der Waals surface area contributed by atoms with Crippen LogP contribution in [0.5, 0.6) is 0 Å². The summed E-state index contributed by atoms with van der Waals surface area (Å²) in [5.41, 5.74) is 3.60. The van der Waals surface area contributed by atoms with Crippen molar-refractivity contribution < 1.29 is 4.92 Å². The van der Waals surface area contributed by atoms with Gasteiger partial charge in [-0.3, -0.25) is 10.1 Å². The fraction of sp³-hybridized carbons (Fsp3) is 0.250. The van der Waals surface area contributed by atoms with Crippen LogP contribution in [0.15, 0.2) is 54.3 Å². The van der Waals surface area contributed by atoms with Crippen molar-refractivity contribution in [2.45, 2.75) is 19.3 Å². The highest BCUT2D eigenvalue weighted by Gasteiger charge is 2.21. The molecule has 0 saturated heterocycles. The van der Waals surface area contributed by atoms with E-state index in [9.17, 15) is 10.1 Å². The molecule has 102 valence electrons. The molecular formula is C16H16N2O2. The van der Waals surface area contributed by atoms with Crippen molar-refractivity contribution in [3.63, 3.8) is 0 Å². The molecule has 0 fully saturated rings. The fourth-order valence-corrected chi connectivity index (χ4v) is 2.76. The number of nitro benzene ring substituents is 1. The number of anilines is 1. The number of fused-ring (bicyclic) bond motifs is 1. The Morgan fingerprint density at radius 1 is 1.20 bits per heavy atom. The van der Waals surface area contributed by atoms with Crippen LogP contribution in [-0.2, 0) is 6.42 Å². The van der Waals surface area contributed by atoms with Crippen LogP contribution < -0.4 is 4.90 Å². The summed E-state index contributed by atoms with van der Waals surface area (Å²) in [7, 11) is 0. The predicted molar refractivity (Wildman–Crippen MR) is 79.7 cm³/mol. The largest absolute Gasteiger partial charge is 0.345 e. The SMILES string of the molecule is O=[N+]([O-])c1ccc2c(c1)CCCN2C1=CC=CC=CC1. The van der Waals surface area contributed by atoms with Gasteiger partial charge in [0, 0.05) is 36.5 Å². The Hall–Kier alpha value is -2.36. The molecule has 1 heterocycles. The molecule has 4 nitrogen and oxygen atoms in total. The molecule has 0 N–H and O–H groups in total. The van der Waals surface area contributed by atoms with E-state index in [1.165, 1.54) is 5.70 Å². The molecule has 0 amide bonds. The smallest absolute Gasteiger partial charge is 0.269 e. The lowest BCUT2D eigenvalue weighted by molar-refractivity contribution is -0.384. The van der Waals surface area contributed by atoms with E-state index in [0.29, 0.717) is 0 Å². The van der Waals surface area contributed by atoms with Gasteiger partial charge in [0.1, 0.15) is 0 Å². The average Bonchev–Trinajstić information content (AvgIpc) is 2.75. The maximum Gasteiger partial charge on any atom is 0.269 e. The molecule has 20 heavy (non-hydrogen) atoms. The summed E-state index contributed by atoms with van der Waals surface area (Å²) < 4.78 is 0. The van der Waals surface area contributed by atoms with E-state index in [2.05, 4.69) is 17.1 Å². The predicted octanol–water partition coefficient (Wildman–Crippen LogP) is 3.75. The lowest BCUT2D eigenvalue weighted by Gasteiger charge is -2.32. The Bertz CT molecular complexity index is 629. The molecule has 0 atom stereocenters. The van der Waals surface area contributed by atoms with Crippen LogP contribution in [-0.4, -0.2) is 11.5 Å². The summed E-state index contributed by atoms with van der Waals surface area (Å²) in [4.78, 5) is 12.8.